The molecule has 0 amide bonds. The van der Waals surface area contributed by atoms with E-state index < -0.39 is 0 Å². The molecule has 4 nitrogen and oxygen atoms in total. The summed E-state index contributed by atoms with van der Waals surface area (Å²) in [4.78, 5) is 7.12. The standard InChI is InChI=1S/C18H19N3O/c1-14-2-4-15(5-3-14)17-13-21-7-6-16(12-18(21)19-17)20-8-10-22-11-9-20/h2-7,12-13H,8-11H2,1H3. The maximum Gasteiger partial charge on any atom is 0.139 e. The van der Waals surface area contributed by atoms with E-state index in [-0.39, 0.29) is 0 Å². The van der Waals surface area contributed by atoms with Crippen LogP contribution in [-0.2, 0) is 4.74 Å². The van der Waals surface area contributed by atoms with Gasteiger partial charge in [-0.3, -0.25) is 0 Å². The topological polar surface area (TPSA) is 29.8 Å². The summed E-state index contributed by atoms with van der Waals surface area (Å²) >= 11 is 0. The van der Waals surface area contributed by atoms with Gasteiger partial charge in [-0.2, -0.15) is 0 Å². The second kappa shape index (κ2) is 5.46. The fourth-order valence-corrected chi connectivity index (χ4v) is 2.85. The third kappa shape index (κ3) is 2.46. The number of morpholine rings is 1. The highest BCUT2D eigenvalue weighted by atomic mass is 16.5. The number of ether oxygens (including phenoxy) is 1. The molecule has 1 aliphatic heterocycles. The van der Waals surface area contributed by atoms with Crippen LogP contribution in [0.2, 0.25) is 0 Å². The van der Waals surface area contributed by atoms with Gasteiger partial charge in [0.1, 0.15) is 5.65 Å². The van der Waals surface area contributed by atoms with Gasteiger partial charge in [-0.05, 0) is 13.0 Å². The average molecular weight is 293 g/mol. The second-order valence-corrected chi connectivity index (χ2v) is 5.74. The quantitative estimate of drug-likeness (QED) is 0.727. The maximum atomic E-state index is 5.42. The maximum absolute atomic E-state index is 5.42. The van der Waals surface area contributed by atoms with Gasteiger partial charge in [-0.15, -0.1) is 0 Å². The van der Waals surface area contributed by atoms with Crippen molar-refractivity contribution in [3.63, 3.8) is 0 Å². The van der Waals surface area contributed by atoms with Crippen molar-refractivity contribution in [3.05, 3.63) is 54.4 Å². The lowest BCUT2D eigenvalue weighted by Gasteiger charge is -2.28. The number of aryl methyl sites for hydroxylation is 1. The highest BCUT2D eigenvalue weighted by Crippen LogP contribution is 2.23. The molecule has 1 aromatic carbocycles. The molecule has 4 rings (SSSR count). The van der Waals surface area contributed by atoms with Gasteiger partial charge >= 0.3 is 0 Å². The van der Waals surface area contributed by atoms with Crippen LogP contribution >= 0.6 is 0 Å². The summed E-state index contributed by atoms with van der Waals surface area (Å²) in [5.41, 5.74) is 5.64. The van der Waals surface area contributed by atoms with Crippen LogP contribution in [0.3, 0.4) is 0 Å². The summed E-state index contributed by atoms with van der Waals surface area (Å²) in [6.45, 7) is 5.59. The average Bonchev–Trinajstić information content (AvgIpc) is 2.99. The zero-order valence-corrected chi connectivity index (χ0v) is 12.7. The van der Waals surface area contributed by atoms with Crippen LogP contribution in [0.15, 0.2) is 48.8 Å². The zero-order valence-electron chi connectivity index (χ0n) is 12.7. The second-order valence-electron chi connectivity index (χ2n) is 5.74. The minimum absolute atomic E-state index is 0.800. The van der Waals surface area contributed by atoms with Gasteiger partial charge in [0.15, 0.2) is 0 Å². The molecule has 0 spiro atoms. The molecule has 1 fully saturated rings. The summed E-state index contributed by atoms with van der Waals surface area (Å²) in [6.07, 6.45) is 4.17. The lowest BCUT2D eigenvalue weighted by atomic mass is 10.1. The van der Waals surface area contributed by atoms with E-state index >= 15 is 0 Å². The van der Waals surface area contributed by atoms with E-state index in [1.54, 1.807) is 0 Å². The normalized spacial score (nSPS) is 15.4. The smallest absolute Gasteiger partial charge is 0.139 e. The van der Waals surface area contributed by atoms with Crippen LogP contribution in [-0.4, -0.2) is 35.7 Å². The summed E-state index contributed by atoms with van der Waals surface area (Å²) in [6, 6.07) is 12.8. The van der Waals surface area contributed by atoms with Gasteiger partial charge in [-0.1, -0.05) is 29.8 Å². The van der Waals surface area contributed by atoms with Crippen LogP contribution in [0.1, 0.15) is 5.56 Å². The molecular formula is C18H19N3O. The minimum atomic E-state index is 0.800. The van der Waals surface area contributed by atoms with Crippen LogP contribution < -0.4 is 4.90 Å². The molecule has 0 aliphatic carbocycles. The molecule has 3 aromatic rings. The molecule has 1 saturated heterocycles. The molecule has 112 valence electrons. The third-order valence-corrected chi connectivity index (χ3v) is 4.17. The molecule has 0 bridgehead atoms. The minimum Gasteiger partial charge on any atom is -0.378 e. The molecule has 22 heavy (non-hydrogen) atoms. The molecule has 0 radical (unpaired) electrons. The first kappa shape index (κ1) is 13.3. The molecule has 0 atom stereocenters. The number of benzene rings is 1. The van der Waals surface area contributed by atoms with Crippen molar-refractivity contribution in [2.24, 2.45) is 0 Å². The lowest BCUT2D eigenvalue weighted by molar-refractivity contribution is 0.122. The molecular weight excluding hydrogens is 274 g/mol. The van der Waals surface area contributed by atoms with Gasteiger partial charge in [0, 0.05) is 42.8 Å². The van der Waals surface area contributed by atoms with Crippen molar-refractivity contribution in [2.75, 3.05) is 31.2 Å². The first-order valence-electron chi connectivity index (χ1n) is 7.68. The molecule has 1 aliphatic rings. The number of fused-ring (bicyclic) bond motifs is 1. The predicted molar refractivity (Wildman–Crippen MR) is 88.4 cm³/mol. The summed E-state index contributed by atoms with van der Waals surface area (Å²) in [5.74, 6) is 0. The molecule has 2 aromatic heterocycles. The Morgan fingerprint density at radius 3 is 2.59 bits per heavy atom. The number of aromatic nitrogens is 2. The Bertz CT molecular complexity index is 786. The van der Waals surface area contributed by atoms with Crippen LogP contribution in [0, 0.1) is 6.92 Å². The molecule has 0 saturated carbocycles. The van der Waals surface area contributed by atoms with E-state index in [2.05, 4.69) is 65.0 Å². The number of anilines is 1. The van der Waals surface area contributed by atoms with Crippen molar-refractivity contribution in [3.8, 4) is 11.3 Å². The predicted octanol–water partition coefficient (Wildman–Crippen LogP) is 3.15. The summed E-state index contributed by atoms with van der Waals surface area (Å²) < 4.78 is 7.50. The van der Waals surface area contributed by atoms with Gasteiger partial charge < -0.3 is 14.0 Å². The fourth-order valence-electron chi connectivity index (χ4n) is 2.85. The SMILES string of the molecule is Cc1ccc(-c2cn3ccc(N4CCOCC4)cc3n2)cc1. The Labute approximate surface area is 130 Å². The van der Waals surface area contributed by atoms with Crippen molar-refractivity contribution in [1.29, 1.82) is 0 Å². The zero-order chi connectivity index (χ0) is 14.9. The Kier molecular flexibility index (Phi) is 3.31. The highest BCUT2D eigenvalue weighted by molar-refractivity contribution is 5.65. The number of hydrogen-bond acceptors (Lipinski definition) is 3. The van der Waals surface area contributed by atoms with Crippen molar-refractivity contribution in [1.82, 2.24) is 9.38 Å². The van der Waals surface area contributed by atoms with E-state index in [0.29, 0.717) is 0 Å². The number of nitrogens with zero attached hydrogens (tertiary/aromatic N) is 3. The summed E-state index contributed by atoms with van der Waals surface area (Å²) in [5, 5.41) is 0. The lowest BCUT2D eigenvalue weighted by Crippen LogP contribution is -2.36. The van der Waals surface area contributed by atoms with Gasteiger partial charge in [0.25, 0.3) is 0 Å². The highest BCUT2D eigenvalue weighted by Gasteiger charge is 2.12. The van der Waals surface area contributed by atoms with E-state index in [1.807, 2.05) is 0 Å². The third-order valence-electron chi connectivity index (χ3n) is 4.17. The van der Waals surface area contributed by atoms with E-state index in [1.165, 1.54) is 11.3 Å². The van der Waals surface area contributed by atoms with E-state index in [9.17, 15) is 0 Å². The van der Waals surface area contributed by atoms with Gasteiger partial charge in [-0.25, -0.2) is 4.98 Å². The monoisotopic (exact) mass is 293 g/mol. The first-order chi connectivity index (χ1) is 10.8. The van der Waals surface area contributed by atoms with Crippen molar-refractivity contribution in [2.45, 2.75) is 6.92 Å². The number of imidazole rings is 1. The largest absolute Gasteiger partial charge is 0.378 e. The Hall–Kier alpha value is -2.33. The first-order valence-corrected chi connectivity index (χ1v) is 7.68. The number of hydrogen-bond donors (Lipinski definition) is 0. The Balaban J connectivity index is 1.69. The molecule has 4 heteroatoms. The van der Waals surface area contributed by atoms with Crippen molar-refractivity contribution >= 4 is 11.3 Å². The number of rotatable bonds is 2. The van der Waals surface area contributed by atoms with E-state index in [4.69, 9.17) is 9.72 Å². The fraction of sp³-hybridized carbons (Fsp3) is 0.278. The molecule has 3 heterocycles. The van der Waals surface area contributed by atoms with Crippen LogP contribution in [0.5, 0.6) is 0 Å². The van der Waals surface area contributed by atoms with Crippen LogP contribution in [0.25, 0.3) is 16.9 Å². The van der Waals surface area contributed by atoms with E-state index in [0.717, 1.165) is 43.2 Å². The van der Waals surface area contributed by atoms with Crippen LogP contribution in [0.4, 0.5) is 5.69 Å². The van der Waals surface area contributed by atoms with Gasteiger partial charge in [0.2, 0.25) is 0 Å². The Morgan fingerprint density at radius 2 is 1.82 bits per heavy atom. The number of pyridine rings is 1. The van der Waals surface area contributed by atoms with Gasteiger partial charge in [0.05, 0.1) is 18.9 Å². The summed E-state index contributed by atoms with van der Waals surface area (Å²) in [7, 11) is 0. The molecule has 0 N–H and O–H groups in total. The van der Waals surface area contributed by atoms with Crippen molar-refractivity contribution < 1.29 is 4.74 Å². The molecule has 0 unspecified atom stereocenters. The Morgan fingerprint density at radius 1 is 1.05 bits per heavy atom.